The molecule has 0 radical (unpaired) electrons. The van der Waals surface area contributed by atoms with Gasteiger partial charge >= 0.3 is 0 Å². The number of halogens is 1. The number of aromatic amines is 1. The van der Waals surface area contributed by atoms with E-state index >= 15 is 0 Å². The molecule has 30 heavy (non-hydrogen) atoms. The van der Waals surface area contributed by atoms with Crippen molar-refractivity contribution in [2.24, 2.45) is 0 Å². The van der Waals surface area contributed by atoms with Crippen LogP contribution in [-0.4, -0.2) is 35.9 Å². The predicted octanol–water partition coefficient (Wildman–Crippen LogP) is 2.34. The van der Waals surface area contributed by atoms with Crippen molar-refractivity contribution in [3.05, 3.63) is 64.8 Å². The van der Waals surface area contributed by atoms with Gasteiger partial charge in [0.1, 0.15) is 11.8 Å². The molecule has 9 heteroatoms. The predicted molar refractivity (Wildman–Crippen MR) is 113 cm³/mol. The van der Waals surface area contributed by atoms with Crippen molar-refractivity contribution < 1.29 is 19.1 Å². The molecule has 0 fully saturated rings. The Labute approximate surface area is 177 Å². The lowest BCUT2D eigenvalue weighted by molar-refractivity contribution is -0.128. The van der Waals surface area contributed by atoms with Crippen LogP contribution in [0.4, 0.5) is 0 Å². The fourth-order valence-electron chi connectivity index (χ4n) is 3.10. The number of carbonyl (C=O) groups excluding carboxylic acids is 3. The van der Waals surface area contributed by atoms with Gasteiger partial charge in [0.25, 0.3) is 11.8 Å². The van der Waals surface area contributed by atoms with Crippen LogP contribution in [0, 0.1) is 0 Å². The van der Waals surface area contributed by atoms with Gasteiger partial charge in [-0.25, -0.2) is 0 Å². The van der Waals surface area contributed by atoms with Crippen LogP contribution >= 0.6 is 11.6 Å². The molecule has 0 bridgehead atoms. The minimum absolute atomic E-state index is 0.204. The van der Waals surface area contributed by atoms with Crippen LogP contribution in [0.2, 0.25) is 5.02 Å². The van der Waals surface area contributed by atoms with E-state index in [0.717, 1.165) is 16.5 Å². The normalized spacial score (nSPS) is 11.6. The first-order chi connectivity index (χ1) is 14.4. The summed E-state index contributed by atoms with van der Waals surface area (Å²) in [4.78, 5) is 39.9. The minimum atomic E-state index is -0.880. The summed E-state index contributed by atoms with van der Waals surface area (Å²) >= 11 is 5.90. The zero-order valence-electron chi connectivity index (χ0n) is 16.4. The summed E-state index contributed by atoms with van der Waals surface area (Å²) in [5, 5.41) is 3.99. The van der Waals surface area contributed by atoms with Crippen molar-refractivity contribution in [3.63, 3.8) is 0 Å². The number of carbonyl (C=O) groups is 3. The highest BCUT2D eigenvalue weighted by molar-refractivity contribution is 6.30. The van der Waals surface area contributed by atoms with Crippen LogP contribution in [0.25, 0.3) is 10.9 Å². The highest BCUT2D eigenvalue weighted by Crippen LogP contribution is 2.23. The summed E-state index contributed by atoms with van der Waals surface area (Å²) in [6.07, 6.45) is 2.04. The molecule has 1 aromatic heterocycles. The van der Waals surface area contributed by atoms with Gasteiger partial charge in [-0.3, -0.25) is 25.2 Å². The first-order valence-electron chi connectivity index (χ1n) is 9.15. The van der Waals surface area contributed by atoms with E-state index in [-0.39, 0.29) is 23.6 Å². The molecule has 4 N–H and O–H groups in total. The molecule has 3 amide bonds. The van der Waals surface area contributed by atoms with E-state index < -0.39 is 17.9 Å². The lowest BCUT2D eigenvalue weighted by Crippen LogP contribution is -2.52. The molecule has 3 rings (SSSR count). The van der Waals surface area contributed by atoms with Crippen LogP contribution in [0.5, 0.6) is 5.75 Å². The number of aromatic nitrogens is 1. The van der Waals surface area contributed by atoms with Crippen LogP contribution in [0.15, 0.2) is 48.7 Å². The average Bonchev–Trinajstić information content (AvgIpc) is 3.13. The Morgan fingerprint density at radius 1 is 1.13 bits per heavy atom. The number of hydrogen-bond acceptors (Lipinski definition) is 4. The largest absolute Gasteiger partial charge is 0.496 e. The van der Waals surface area contributed by atoms with Gasteiger partial charge < -0.3 is 15.0 Å². The Kier molecular flexibility index (Phi) is 6.58. The van der Waals surface area contributed by atoms with Gasteiger partial charge in [0.15, 0.2) is 0 Å². The van der Waals surface area contributed by atoms with Gasteiger partial charge in [0, 0.05) is 35.5 Å². The van der Waals surface area contributed by atoms with Crippen molar-refractivity contribution >= 4 is 40.2 Å². The maximum atomic E-state index is 12.7. The number of para-hydroxylation sites is 1. The molecule has 0 aliphatic rings. The average molecular weight is 429 g/mol. The molecule has 0 saturated heterocycles. The Balaban J connectivity index is 1.71. The number of methoxy groups -OCH3 is 1. The third-order valence-corrected chi connectivity index (χ3v) is 4.74. The minimum Gasteiger partial charge on any atom is -0.496 e. The number of hydrogen-bond donors (Lipinski definition) is 4. The zero-order chi connectivity index (χ0) is 21.7. The van der Waals surface area contributed by atoms with Crippen molar-refractivity contribution in [3.8, 4) is 5.75 Å². The first kappa shape index (κ1) is 21.2. The standard InChI is InChI=1S/C21H21ClN4O4/c1-12(27)24-18(9-13-11-23-17-6-4-3-5-15(13)17)21(29)26-25-20(28)16-8-7-14(22)10-19(16)30-2/h3-8,10-11,18,23H,9H2,1-2H3,(H,24,27)(H,25,28)(H,26,29)/t18-/m0/s1. The lowest BCUT2D eigenvalue weighted by atomic mass is 10.0. The molecule has 2 aromatic carbocycles. The van der Waals surface area contributed by atoms with Gasteiger partial charge in [-0.05, 0) is 29.8 Å². The second-order valence-corrected chi connectivity index (χ2v) is 7.04. The maximum absolute atomic E-state index is 12.7. The summed E-state index contributed by atoms with van der Waals surface area (Å²) < 4.78 is 5.15. The van der Waals surface area contributed by atoms with E-state index in [2.05, 4.69) is 21.2 Å². The second-order valence-electron chi connectivity index (χ2n) is 6.60. The molecule has 3 aromatic rings. The van der Waals surface area contributed by atoms with Crippen LogP contribution in [0.1, 0.15) is 22.8 Å². The number of ether oxygens (including phenoxy) is 1. The van der Waals surface area contributed by atoms with Crippen molar-refractivity contribution in [1.29, 1.82) is 0 Å². The van der Waals surface area contributed by atoms with Crippen LogP contribution < -0.4 is 20.9 Å². The molecule has 0 spiro atoms. The number of H-pyrrole nitrogens is 1. The number of rotatable bonds is 6. The lowest BCUT2D eigenvalue weighted by Gasteiger charge is -2.18. The van der Waals surface area contributed by atoms with E-state index in [4.69, 9.17) is 16.3 Å². The summed E-state index contributed by atoms with van der Waals surface area (Å²) in [7, 11) is 1.41. The van der Waals surface area contributed by atoms with Gasteiger partial charge in [0.2, 0.25) is 5.91 Å². The molecule has 8 nitrogen and oxygen atoms in total. The van der Waals surface area contributed by atoms with Gasteiger partial charge in [0.05, 0.1) is 12.7 Å². The fraction of sp³-hybridized carbons (Fsp3) is 0.190. The third-order valence-electron chi connectivity index (χ3n) is 4.50. The number of benzene rings is 2. The van der Waals surface area contributed by atoms with E-state index in [1.54, 1.807) is 6.20 Å². The number of nitrogens with one attached hydrogen (secondary N) is 4. The number of amides is 3. The molecule has 0 saturated carbocycles. The van der Waals surface area contributed by atoms with Crippen molar-refractivity contribution in [2.45, 2.75) is 19.4 Å². The van der Waals surface area contributed by atoms with E-state index in [1.807, 2.05) is 24.3 Å². The highest BCUT2D eigenvalue weighted by atomic mass is 35.5. The van der Waals surface area contributed by atoms with Gasteiger partial charge in [-0.2, -0.15) is 0 Å². The topological polar surface area (TPSA) is 112 Å². The quantitative estimate of drug-likeness (QED) is 0.451. The monoisotopic (exact) mass is 428 g/mol. The Morgan fingerprint density at radius 2 is 1.90 bits per heavy atom. The van der Waals surface area contributed by atoms with E-state index in [1.165, 1.54) is 32.2 Å². The summed E-state index contributed by atoms with van der Waals surface area (Å²) in [5.41, 5.74) is 6.70. The summed E-state index contributed by atoms with van der Waals surface area (Å²) in [5.74, 6) is -1.23. The second kappa shape index (κ2) is 9.32. The molecule has 156 valence electrons. The molecule has 0 aliphatic carbocycles. The molecule has 0 unspecified atom stereocenters. The Hall–Kier alpha value is -3.52. The number of fused-ring (bicyclic) bond motifs is 1. The van der Waals surface area contributed by atoms with E-state index in [9.17, 15) is 14.4 Å². The summed E-state index contributed by atoms with van der Waals surface area (Å²) in [6, 6.07) is 11.3. The Morgan fingerprint density at radius 3 is 2.63 bits per heavy atom. The van der Waals surface area contributed by atoms with Gasteiger partial charge in [-0.1, -0.05) is 29.8 Å². The highest BCUT2D eigenvalue weighted by Gasteiger charge is 2.22. The first-order valence-corrected chi connectivity index (χ1v) is 9.52. The maximum Gasteiger partial charge on any atom is 0.273 e. The van der Waals surface area contributed by atoms with E-state index in [0.29, 0.717) is 5.02 Å². The molecule has 1 heterocycles. The Bertz CT molecular complexity index is 1100. The van der Waals surface area contributed by atoms with Crippen LogP contribution in [-0.2, 0) is 16.0 Å². The zero-order valence-corrected chi connectivity index (χ0v) is 17.2. The third kappa shape index (κ3) is 4.90. The molecule has 0 aliphatic heterocycles. The van der Waals surface area contributed by atoms with Gasteiger partial charge in [-0.15, -0.1) is 0 Å². The fourth-order valence-corrected chi connectivity index (χ4v) is 3.26. The SMILES string of the molecule is COc1cc(Cl)ccc1C(=O)NNC(=O)[C@H](Cc1c[nH]c2ccccc12)NC(C)=O. The summed E-state index contributed by atoms with van der Waals surface area (Å²) in [6.45, 7) is 1.33. The molecular formula is C21H21ClN4O4. The smallest absolute Gasteiger partial charge is 0.273 e. The van der Waals surface area contributed by atoms with Crippen molar-refractivity contribution in [2.75, 3.05) is 7.11 Å². The van der Waals surface area contributed by atoms with Crippen LogP contribution in [0.3, 0.4) is 0 Å². The molecule has 1 atom stereocenters. The molecular weight excluding hydrogens is 408 g/mol. The number of hydrazine groups is 1. The van der Waals surface area contributed by atoms with Crippen molar-refractivity contribution in [1.82, 2.24) is 21.2 Å².